The number of aromatic nitrogens is 1. The van der Waals surface area contributed by atoms with E-state index < -0.39 is 11.8 Å². The van der Waals surface area contributed by atoms with Crippen molar-refractivity contribution in [2.24, 2.45) is 0 Å². The van der Waals surface area contributed by atoms with Gasteiger partial charge >= 0.3 is 0 Å². The second kappa shape index (κ2) is 5.81. The van der Waals surface area contributed by atoms with Gasteiger partial charge in [0.2, 0.25) is 0 Å². The SMILES string of the molecule is C=CCn1cc(/C=C2\C(=O)NC(=S)N(C)C2=O)c2ccccc21. The lowest BCUT2D eigenvalue weighted by Gasteiger charge is -2.24. The second-order valence-corrected chi connectivity index (χ2v) is 5.61. The average molecular weight is 325 g/mol. The van der Waals surface area contributed by atoms with E-state index in [4.69, 9.17) is 12.2 Å². The third-order valence-corrected chi connectivity index (χ3v) is 4.13. The van der Waals surface area contributed by atoms with Gasteiger partial charge in [0.15, 0.2) is 5.11 Å². The summed E-state index contributed by atoms with van der Waals surface area (Å²) >= 11 is 4.95. The molecule has 1 aromatic carbocycles. The van der Waals surface area contributed by atoms with Gasteiger partial charge in [-0.15, -0.1) is 6.58 Å². The van der Waals surface area contributed by atoms with Crippen molar-refractivity contribution in [1.29, 1.82) is 0 Å². The van der Waals surface area contributed by atoms with Crippen molar-refractivity contribution in [2.75, 3.05) is 7.05 Å². The highest BCUT2D eigenvalue weighted by Gasteiger charge is 2.31. The van der Waals surface area contributed by atoms with Crippen LogP contribution in [0.2, 0.25) is 0 Å². The van der Waals surface area contributed by atoms with E-state index in [2.05, 4.69) is 11.9 Å². The van der Waals surface area contributed by atoms with E-state index in [-0.39, 0.29) is 10.7 Å². The van der Waals surface area contributed by atoms with Gasteiger partial charge in [0.1, 0.15) is 5.57 Å². The summed E-state index contributed by atoms with van der Waals surface area (Å²) in [5.41, 5.74) is 1.90. The average Bonchev–Trinajstić information content (AvgIpc) is 2.88. The molecule has 0 radical (unpaired) electrons. The standard InChI is InChI=1S/C17H15N3O2S/c1-3-8-20-10-11(12-6-4-5-7-14(12)20)9-13-15(21)18-17(23)19(2)16(13)22/h3-7,9-10H,1,8H2,2H3,(H,18,21,23)/b13-9+. The van der Waals surface area contributed by atoms with E-state index in [0.29, 0.717) is 6.54 Å². The largest absolute Gasteiger partial charge is 0.343 e. The van der Waals surface area contributed by atoms with Crippen LogP contribution in [0.3, 0.4) is 0 Å². The first-order valence-electron chi connectivity index (χ1n) is 7.06. The van der Waals surface area contributed by atoms with Gasteiger partial charge < -0.3 is 4.57 Å². The summed E-state index contributed by atoms with van der Waals surface area (Å²) in [6, 6.07) is 7.82. The molecule has 23 heavy (non-hydrogen) atoms. The van der Waals surface area contributed by atoms with Crippen LogP contribution in [-0.4, -0.2) is 33.4 Å². The predicted octanol–water partition coefficient (Wildman–Crippen LogP) is 2.08. The fourth-order valence-corrected chi connectivity index (χ4v) is 2.76. The number of carbonyl (C=O) groups is 2. The molecule has 0 atom stereocenters. The number of amides is 2. The zero-order valence-corrected chi connectivity index (χ0v) is 13.4. The van der Waals surface area contributed by atoms with Gasteiger partial charge in [-0.05, 0) is 24.4 Å². The van der Waals surface area contributed by atoms with E-state index in [9.17, 15) is 9.59 Å². The molecule has 3 rings (SSSR count). The van der Waals surface area contributed by atoms with Gasteiger partial charge in [-0.2, -0.15) is 0 Å². The number of para-hydroxylation sites is 1. The van der Waals surface area contributed by atoms with Gasteiger partial charge in [-0.25, -0.2) is 0 Å². The number of fused-ring (bicyclic) bond motifs is 1. The van der Waals surface area contributed by atoms with Crippen LogP contribution in [0.1, 0.15) is 5.56 Å². The Bertz CT molecular complexity index is 879. The fraction of sp³-hybridized carbons (Fsp3) is 0.118. The zero-order valence-electron chi connectivity index (χ0n) is 12.6. The second-order valence-electron chi connectivity index (χ2n) is 5.22. The van der Waals surface area contributed by atoms with Crippen LogP contribution in [0, 0.1) is 0 Å². The molecule has 1 aliphatic rings. The van der Waals surface area contributed by atoms with Gasteiger partial charge in [0.05, 0.1) is 0 Å². The molecule has 0 bridgehead atoms. The fourth-order valence-electron chi connectivity index (χ4n) is 2.58. The van der Waals surface area contributed by atoms with Crippen LogP contribution in [0.15, 0.2) is 48.7 Å². The lowest BCUT2D eigenvalue weighted by atomic mass is 10.1. The Balaban J connectivity index is 2.13. The van der Waals surface area contributed by atoms with Gasteiger partial charge in [-0.3, -0.25) is 19.8 Å². The molecular weight excluding hydrogens is 310 g/mol. The van der Waals surface area contributed by atoms with Crippen molar-refractivity contribution in [2.45, 2.75) is 6.54 Å². The van der Waals surface area contributed by atoms with Crippen molar-refractivity contribution < 1.29 is 9.59 Å². The summed E-state index contributed by atoms with van der Waals surface area (Å²) in [5.74, 6) is -0.877. The number of benzene rings is 1. The van der Waals surface area contributed by atoms with Crippen LogP contribution in [-0.2, 0) is 16.1 Å². The molecule has 2 heterocycles. The van der Waals surface area contributed by atoms with E-state index in [1.807, 2.05) is 35.0 Å². The van der Waals surface area contributed by atoms with E-state index in [0.717, 1.165) is 16.5 Å². The molecule has 2 amide bonds. The molecule has 1 saturated heterocycles. The normalized spacial score (nSPS) is 17.0. The highest BCUT2D eigenvalue weighted by Crippen LogP contribution is 2.24. The van der Waals surface area contributed by atoms with Crippen LogP contribution >= 0.6 is 12.2 Å². The Morgan fingerprint density at radius 3 is 2.78 bits per heavy atom. The molecule has 5 nitrogen and oxygen atoms in total. The lowest BCUT2D eigenvalue weighted by Crippen LogP contribution is -2.52. The molecule has 1 aromatic heterocycles. The smallest absolute Gasteiger partial charge is 0.265 e. The Morgan fingerprint density at radius 2 is 2.04 bits per heavy atom. The highest BCUT2D eigenvalue weighted by atomic mass is 32.1. The molecule has 1 N–H and O–H groups in total. The Kier molecular flexibility index (Phi) is 3.83. The minimum Gasteiger partial charge on any atom is -0.343 e. The first-order chi connectivity index (χ1) is 11.0. The van der Waals surface area contributed by atoms with Gasteiger partial charge in [0.25, 0.3) is 11.8 Å². The maximum Gasteiger partial charge on any atom is 0.265 e. The quantitative estimate of drug-likeness (QED) is 0.407. The van der Waals surface area contributed by atoms with E-state index in [1.165, 1.54) is 4.90 Å². The van der Waals surface area contributed by atoms with Crippen LogP contribution in [0.25, 0.3) is 17.0 Å². The van der Waals surface area contributed by atoms with Crippen molar-refractivity contribution in [3.63, 3.8) is 0 Å². The Labute approximate surface area is 138 Å². The predicted molar refractivity (Wildman–Crippen MR) is 93.6 cm³/mol. The molecule has 116 valence electrons. The highest BCUT2D eigenvalue weighted by molar-refractivity contribution is 7.80. The van der Waals surface area contributed by atoms with E-state index >= 15 is 0 Å². The summed E-state index contributed by atoms with van der Waals surface area (Å²) < 4.78 is 2.02. The van der Waals surface area contributed by atoms with Crippen LogP contribution < -0.4 is 5.32 Å². The summed E-state index contributed by atoms with van der Waals surface area (Å²) in [7, 11) is 1.54. The van der Waals surface area contributed by atoms with Crippen molar-refractivity contribution in [3.05, 3.63) is 54.3 Å². The zero-order chi connectivity index (χ0) is 16.6. The minimum absolute atomic E-state index is 0.0719. The maximum absolute atomic E-state index is 12.3. The topological polar surface area (TPSA) is 54.3 Å². The molecular formula is C17H15N3O2S. The summed E-state index contributed by atoms with van der Waals surface area (Å²) in [6.45, 7) is 4.40. The number of nitrogens with one attached hydrogen (secondary N) is 1. The van der Waals surface area contributed by atoms with Crippen molar-refractivity contribution >= 4 is 46.1 Å². The van der Waals surface area contributed by atoms with Crippen LogP contribution in [0.4, 0.5) is 0 Å². The molecule has 1 fully saturated rings. The molecule has 0 unspecified atom stereocenters. The number of allylic oxidation sites excluding steroid dienone is 1. The number of nitrogens with zero attached hydrogens (tertiary/aromatic N) is 2. The third-order valence-electron chi connectivity index (χ3n) is 3.75. The molecule has 1 aliphatic heterocycles. The van der Waals surface area contributed by atoms with Gasteiger partial charge in [0, 0.05) is 36.3 Å². The summed E-state index contributed by atoms with van der Waals surface area (Å²) in [5, 5.41) is 3.60. The molecule has 0 saturated carbocycles. The van der Waals surface area contributed by atoms with Crippen molar-refractivity contribution in [1.82, 2.24) is 14.8 Å². The number of hydrogen-bond acceptors (Lipinski definition) is 3. The van der Waals surface area contributed by atoms with Gasteiger partial charge in [-0.1, -0.05) is 24.3 Å². The summed E-state index contributed by atoms with van der Waals surface area (Å²) in [6.07, 6.45) is 5.32. The molecule has 0 aliphatic carbocycles. The van der Waals surface area contributed by atoms with Crippen LogP contribution in [0.5, 0.6) is 0 Å². The number of carbonyl (C=O) groups excluding carboxylic acids is 2. The molecule has 2 aromatic rings. The first kappa shape index (κ1) is 15.2. The van der Waals surface area contributed by atoms with Crippen molar-refractivity contribution in [3.8, 4) is 0 Å². The molecule has 0 spiro atoms. The minimum atomic E-state index is -0.473. The number of thiocarbonyl (C=S) groups is 1. The monoisotopic (exact) mass is 325 g/mol. The third kappa shape index (κ3) is 2.57. The lowest BCUT2D eigenvalue weighted by molar-refractivity contribution is -0.128. The Hall–Kier alpha value is -2.73. The number of hydrogen-bond donors (Lipinski definition) is 1. The Morgan fingerprint density at radius 1 is 1.30 bits per heavy atom. The molecule has 6 heteroatoms. The first-order valence-corrected chi connectivity index (χ1v) is 7.47. The summed E-state index contributed by atoms with van der Waals surface area (Å²) in [4.78, 5) is 25.7. The number of rotatable bonds is 3. The van der Waals surface area contributed by atoms with E-state index in [1.54, 1.807) is 19.2 Å². The maximum atomic E-state index is 12.3. The number of likely N-dealkylation sites (N-methyl/N-ethyl adjacent to an activating group) is 1.